The van der Waals surface area contributed by atoms with E-state index in [0.29, 0.717) is 0 Å². The van der Waals surface area contributed by atoms with Crippen molar-refractivity contribution in [3.8, 4) is 0 Å². The van der Waals surface area contributed by atoms with Gasteiger partial charge >= 0.3 is 0 Å². The fourth-order valence-electron chi connectivity index (χ4n) is 1.98. The van der Waals surface area contributed by atoms with E-state index < -0.39 is 0 Å². The summed E-state index contributed by atoms with van der Waals surface area (Å²) in [4.78, 5) is 5.62. The van der Waals surface area contributed by atoms with Crippen molar-refractivity contribution >= 4 is 11.3 Å². The number of nitrogens with zero attached hydrogens (tertiary/aromatic N) is 1. The van der Waals surface area contributed by atoms with Crippen LogP contribution in [-0.2, 0) is 4.74 Å². The Morgan fingerprint density at radius 3 is 3.06 bits per heavy atom. The third-order valence-corrected chi connectivity index (χ3v) is 3.89. The van der Waals surface area contributed by atoms with Gasteiger partial charge in [-0.3, -0.25) is 0 Å². The van der Waals surface area contributed by atoms with Crippen LogP contribution in [0.4, 0.5) is 0 Å². The first kappa shape index (κ1) is 12.6. The zero-order chi connectivity index (χ0) is 12.1. The van der Waals surface area contributed by atoms with Gasteiger partial charge in [-0.2, -0.15) is 0 Å². The molecule has 0 fully saturated rings. The minimum absolute atomic E-state index is 0.197. The van der Waals surface area contributed by atoms with E-state index in [9.17, 15) is 0 Å². The Morgan fingerprint density at radius 2 is 2.47 bits per heavy atom. The number of hydrogen-bond donors (Lipinski definition) is 1. The molecule has 1 N–H and O–H groups in total. The van der Waals surface area contributed by atoms with Gasteiger partial charge < -0.3 is 10.1 Å². The molecule has 0 saturated carbocycles. The molecule has 0 spiro atoms. The second-order valence-corrected chi connectivity index (χ2v) is 5.17. The first-order chi connectivity index (χ1) is 8.33. The molecule has 1 unspecified atom stereocenters. The largest absolute Gasteiger partial charge is 0.496 e. The summed E-state index contributed by atoms with van der Waals surface area (Å²) in [6, 6.07) is 0.197. The second kappa shape index (κ2) is 6.17. The smallest absolute Gasteiger partial charge is 0.114 e. The molecule has 2 heterocycles. The quantitative estimate of drug-likeness (QED) is 0.874. The highest BCUT2D eigenvalue weighted by atomic mass is 32.1. The molecule has 3 nitrogen and oxygen atoms in total. The van der Waals surface area contributed by atoms with E-state index in [1.807, 2.05) is 5.51 Å². The van der Waals surface area contributed by atoms with E-state index in [0.717, 1.165) is 43.9 Å². The predicted molar refractivity (Wildman–Crippen MR) is 71.2 cm³/mol. The van der Waals surface area contributed by atoms with Crippen molar-refractivity contribution in [1.29, 1.82) is 0 Å². The lowest BCUT2D eigenvalue weighted by molar-refractivity contribution is 0.168. The summed E-state index contributed by atoms with van der Waals surface area (Å²) in [6.45, 7) is 6.09. The number of thiazole rings is 1. The number of rotatable bonds is 5. The van der Waals surface area contributed by atoms with Gasteiger partial charge in [0.15, 0.2) is 0 Å². The number of nitrogens with one attached hydrogen (secondary N) is 1. The Kier molecular flexibility index (Phi) is 4.57. The monoisotopic (exact) mass is 252 g/mol. The summed E-state index contributed by atoms with van der Waals surface area (Å²) in [6.07, 6.45) is 5.60. The molecule has 0 saturated heterocycles. The molecular formula is C13H20N2OS. The number of aromatic nitrogens is 1. The molecule has 94 valence electrons. The molecule has 0 bridgehead atoms. The average molecular weight is 252 g/mol. The van der Waals surface area contributed by atoms with Crippen molar-refractivity contribution in [3.63, 3.8) is 0 Å². The summed E-state index contributed by atoms with van der Waals surface area (Å²) in [7, 11) is 0. The molecule has 1 aliphatic rings. The lowest BCUT2D eigenvalue weighted by Crippen LogP contribution is -2.26. The Bertz CT molecular complexity index is 387. The van der Waals surface area contributed by atoms with E-state index in [1.54, 1.807) is 11.3 Å². The molecule has 1 aliphatic heterocycles. The normalized spacial score (nSPS) is 17.4. The Balaban J connectivity index is 2.18. The molecular weight excluding hydrogens is 232 g/mol. The fourth-order valence-corrected chi connectivity index (χ4v) is 2.86. The molecule has 4 heteroatoms. The zero-order valence-corrected chi connectivity index (χ0v) is 11.3. The van der Waals surface area contributed by atoms with E-state index in [4.69, 9.17) is 4.74 Å². The van der Waals surface area contributed by atoms with Crippen LogP contribution in [0.2, 0.25) is 0 Å². The van der Waals surface area contributed by atoms with Gasteiger partial charge in [0, 0.05) is 0 Å². The topological polar surface area (TPSA) is 34.1 Å². The number of allylic oxidation sites excluding steroid dienone is 1. The Labute approximate surface area is 107 Å². The van der Waals surface area contributed by atoms with Crippen molar-refractivity contribution in [3.05, 3.63) is 27.9 Å². The molecule has 2 rings (SSSR count). The number of hydrogen-bond acceptors (Lipinski definition) is 4. The van der Waals surface area contributed by atoms with Crippen molar-refractivity contribution in [2.75, 3.05) is 13.2 Å². The molecule has 0 radical (unpaired) electrons. The summed E-state index contributed by atoms with van der Waals surface area (Å²) >= 11 is 1.71. The van der Waals surface area contributed by atoms with Crippen molar-refractivity contribution in [2.24, 2.45) is 0 Å². The van der Waals surface area contributed by atoms with Crippen LogP contribution in [0.3, 0.4) is 0 Å². The van der Waals surface area contributed by atoms with Crippen LogP contribution in [0, 0.1) is 6.92 Å². The molecule has 1 aromatic rings. The van der Waals surface area contributed by atoms with Gasteiger partial charge in [0.2, 0.25) is 0 Å². The molecule has 0 aromatic carbocycles. The fraction of sp³-hybridized carbons (Fsp3) is 0.615. The third kappa shape index (κ3) is 3.07. The highest BCUT2D eigenvalue weighted by molar-refractivity contribution is 7.09. The number of aryl methyl sites for hydroxylation is 1. The minimum Gasteiger partial charge on any atom is -0.496 e. The molecule has 17 heavy (non-hydrogen) atoms. The van der Waals surface area contributed by atoms with Gasteiger partial charge in [-0.15, -0.1) is 11.3 Å². The predicted octanol–water partition coefficient (Wildman–Crippen LogP) is 3.19. The Morgan fingerprint density at radius 1 is 1.59 bits per heavy atom. The van der Waals surface area contributed by atoms with Crippen LogP contribution >= 0.6 is 11.3 Å². The van der Waals surface area contributed by atoms with E-state index >= 15 is 0 Å². The van der Waals surface area contributed by atoms with Crippen molar-refractivity contribution < 1.29 is 4.74 Å². The lowest BCUT2D eigenvalue weighted by Gasteiger charge is -2.24. The first-order valence-electron chi connectivity index (χ1n) is 6.29. The van der Waals surface area contributed by atoms with E-state index in [-0.39, 0.29) is 6.04 Å². The van der Waals surface area contributed by atoms with E-state index in [2.05, 4.69) is 30.2 Å². The van der Waals surface area contributed by atoms with Gasteiger partial charge in [0.05, 0.1) is 22.7 Å². The third-order valence-electron chi connectivity index (χ3n) is 2.89. The lowest BCUT2D eigenvalue weighted by atomic mass is 10.1. The van der Waals surface area contributed by atoms with Gasteiger partial charge in [-0.1, -0.05) is 6.92 Å². The maximum absolute atomic E-state index is 5.79. The van der Waals surface area contributed by atoms with Gasteiger partial charge in [-0.05, 0) is 38.8 Å². The van der Waals surface area contributed by atoms with Crippen molar-refractivity contribution in [1.82, 2.24) is 10.3 Å². The van der Waals surface area contributed by atoms with Crippen LogP contribution in [0.25, 0.3) is 0 Å². The van der Waals surface area contributed by atoms with Crippen LogP contribution in [0.1, 0.15) is 42.8 Å². The zero-order valence-electron chi connectivity index (χ0n) is 10.5. The maximum Gasteiger partial charge on any atom is 0.114 e. The summed E-state index contributed by atoms with van der Waals surface area (Å²) in [5, 5.41) is 3.56. The maximum atomic E-state index is 5.79. The molecule has 0 aliphatic carbocycles. The Hall–Kier alpha value is -0.870. The van der Waals surface area contributed by atoms with Crippen LogP contribution < -0.4 is 5.32 Å². The van der Waals surface area contributed by atoms with Crippen LogP contribution in [-0.4, -0.2) is 18.1 Å². The average Bonchev–Trinajstić information content (AvgIpc) is 2.78. The van der Waals surface area contributed by atoms with Crippen LogP contribution in [0.15, 0.2) is 17.3 Å². The molecule has 1 aromatic heterocycles. The SMILES string of the molecule is CCCNC(C1=CCCCO1)c1scnc1C. The standard InChI is InChI=1S/C13H20N2OS/c1-3-7-14-12(11-6-4-5-8-16-11)13-10(2)15-9-17-13/h6,9,12,14H,3-5,7-8H2,1-2H3. The minimum atomic E-state index is 0.197. The molecule has 0 amide bonds. The summed E-state index contributed by atoms with van der Waals surface area (Å²) < 4.78 is 5.79. The van der Waals surface area contributed by atoms with Crippen LogP contribution in [0.5, 0.6) is 0 Å². The van der Waals surface area contributed by atoms with Gasteiger partial charge in [0.25, 0.3) is 0 Å². The van der Waals surface area contributed by atoms with Crippen molar-refractivity contribution in [2.45, 2.75) is 39.2 Å². The highest BCUT2D eigenvalue weighted by Gasteiger charge is 2.22. The van der Waals surface area contributed by atoms with E-state index in [1.165, 1.54) is 4.88 Å². The summed E-state index contributed by atoms with van der Waals surface area (Å²) in [5.74, 6) is 1.08. The second-order valence-electron chi connectivity index (χ2n) is 4.29. The summed E-state index contributed by atoms with van der Waals surface area (Å²) in [5.41, 5.74) is 3.02. The highest BCUT2D eigenvalue weighted by Crippen LogP contribution is 2.30. The number of ether oxygens (including phenoxy) is 1. The van der Waals surface area contributed by atoms with Gasteiger partial charge in [-0.25, -0.2) is 4.98 Å². The first-order valence-corrected chi connectivity index (χ1v) is 7.17. The van der Waals surface area contributed by atoms with Gasteiger partial charge in [0.1, 0.15) is 11.8 Å². The molecule has 1 atom stereocenters.